The lowest BCUT2D eigenvalue weighted by molar-refractivity contribution is -0.137. The lowest BCUT2D eigenvalue weighted by atomic mass is 10.1. The quantitative estimate of drug-likeness (QED) is 0.615. The molecule has 0 aliphatic heterocycles. The molecule has 1 fully saturated rings. The summed E-state index contributed by atoms with van der Waals surface area (Å²) in [6.45, 7) is 1.54. The van der Waals surface area contributed by atoms with Crippen LogP contribution in [0.1, 0.15) is 51.6 Å². The Bertz CT molecular complexity index is 1070. The average Bonchev–Trinajstić information content (AvgIpc) is 3.45. The Morgan fingerprint density at radius 2 is 2.04 bits per heavy atom. The number of carbonyl (C=O) groups is 1. The molecule has 5 nitrogen and oxygen atoms in total. The van der Waals surface area contributed by atoms with Crippen LogP contribution in [0.5, 0.6) is 0 Å². The van der Waals surface area contributed by atoms with E-state index in [-0.39, 0.29) is 12.2 Å². The van der Waals surface area contributed by atoms with Gasteiger partial charge in [-0.3, -0.25) is 4.68 Å². The zero-order valence-corrected chi connectivity index (χ0v) is 15.4. The van der Waals surface area contributed by atoms with Crippen molar-refractivity contribution in [3.05, 3.63) is 58.4 Å². The van der Waals surface area contributed by atoms with Crippen LogP contribution in [0, 0.1) is 6.92 Å². The molecule has 8 heteroatoms. The normalized spacial score (nSPS) is 14.5. The summed E-state index contributed by atoms with van der Waals surface area (Å²) in [5.41, 5.74) is 1.93. The Kier molecular flexibility index (Phi) is 4.36. The Hall–Kier alpha value is -2.90. The van der Waals surface area contributed by atoms with Gasteiger partial charge in [-0.25, -0.2) is 9.78 Å². The number of nitrogens with zero attached hydrogens (tertiary/aromatic N) is 3. The minimum absolute atomic E-state index is 0.245. The molecule has 0 amide bonds. The molecule has 0 bridgehead atoms. The van der Waals surface area contributed by atoms with Gasteiger partial charge in [-0.1, -0.05) is 12.1 Å². The van der Waals surface area contributed by atoms with Crippen molar-refractivity contribution in [3.8, 4) is 0 Å². The number of fused-ring (bicyclic) bond motifs is 1. The maximum atomic E-state index is 12.9. The van der Waals surface area contributed by atoms with Crippen LogP contribution < -0.4 is 0 Å². The van der Waals surface area contributed by atoms with E-state index in [1.165, 1.54) is 12.1 Å². The fourth-order valence-electron chi connectivity index (χ4n) is 3.28. The van der Waals surface area contributed by atoms with Crippen LogP contribution in [0.2, 0.25) is 0 Å². The summed E-state index contributed by atoms with van der Waals surface area (Å²) >= 11 is 0. The number of halogens is 3. The summed E-state index contributed by atoms with van der Waals surface area (Å²) in [4.78, 5) is 17.4. The van der Waals surface area contributed by atoms with Crippen molar-refractivity contribution in [2.24, 2.45) is 7.05 Å². The molecule has 28 heavy (non-hydrogen) atoms. The van der Waals surface area contributed by atoms with E-state index in [1.807, 2.05) is 0 Å². The van der Waals surface area contributed by atoms with Gasteiger partial charge in [0, 0.05) is 18.7 Å². The molecule has 146 valence electrons. The third-order valence-corrected chi connectivity index (χ3v) is 4.83. The zero-order valence-electron chi connectivity index (χ0n) is 15.4. The van der Waals surface area contributed by atoms with E-state index in [4.69, 9.17) is 4.74 Å². The number of carbonyl (C=O) groups excluding carboxylic acids is 1. The smallest absolute Gasteiger partial charge is 0.416 e. The fraction of sp³-hybridized carbons (Fsp3) is 0.350. The summed E-state index contributed by atoms with van der Waals surface area (Å²) in [6, 6.07) is 6.49. The Morgan fingerprint density at radius 3 is 2.71 bits per heavy atom. The third-order valence-electron chi connectivity index (χ3n) is 4.83. The van der Waals surface area contributed by atoms with Gasteiger partial charge >= 0.3 is 12.1 Å². The molecule has 2 aromatic heterocycles. The predicted molar refractivity (Wildman–Crippen MR) is 95.8 cm³/mol. The van der Waals surface area contributed by atoms with Gasteiger partial charge in [-0.15, -0.1) is 0 Å². The molecule has 0 saturated heterocycles. The van der Waals surface area contributed by atoms with Crippen LogP contribution in [0.25, 0.3) is 11.0 Å². The van der Waals surface area contributed by atoms with Crippen LogP contribution in [0.4, 0.5) is 13.2 Å². The summed E-state index contributed by atoms with van der Waals surface area (Å²) in [6.07, 6.45) is -2.40. The number of ether oxygens (including phenoxy) is 1. The number of hydrogen-bond donors (Lipinski definition) is 0. The second-order valence-corrected chi connectivity index (χ2v) is 7.05. The van der Waals surface area contributed by atoms with Gasteiger partial charge in [0.1, 0.15) is 6.61 Å². The summed E-state index contributed by atoms with van der Waals surface area (Å²) in [5.74, 6) is -0.266. The Labute approximate surface area is 159 Å². The molecule has 0 atom stereocenters. The van der Waals surface area contributed by atoms with Crippen molar-refractivity contribution in [2.45, 2.75) is 38.5 Å². The molecule has 2 heterocycles. The largest absolute Gasteiger partial charge is 0.457 e. The van der Waals surface area contributed by atoms with Gasteiger partial charge in [0.2, 0.25) is 0 Å². The number of aryl methyl sites for hydroxylation is 2. The van der Waals surface area contributed by atoms with Crippen molar-refractivity contribution in [1.29, 1.82) is 0 Å². The van der Waals surface area contributed by atoms with Crippen molar-refractivity contribution in [2.75, 3.05) is 0 Å². The van der Waals surface area contributed by atoms with E-state index in [0.717, 1.165) is 30.7 Å². The number of hydrogen-bond acceptors (Lipinski definition) is 4. The second-order valence-electron chi connectivity index (χ2n) is 7.05. The topological polar surface area (TPSA) is 57.0 Å². The monoisotopic (exact) mass is 389 g/mol. The van der Waals surface area contributed by atoms with E-state index in [9.17, 15) is 18.0 Å². The van der Waals surface area contributed by atoms with Crippen molar-refractivity contribution in [1.82, 2.24) is 14.8 Å². The number of benzene rings is 1. The van der Waals surface area contributed by atoms with Crippen molar-refractivity contribution < 1.29 is 22.7 Å². The maximum Gasteiger partial charge on any atom is 0.416 e. The Morgan fingerprint density at radius 1 is 1.29 bits per heavy atom. The molecule has 1 aromatic carbocycles. The number of rotatable bonds is 4. The van der Waals surface area contributed by atoms with Crippen LogP contribution in [-0.4, -0.2) is 20.7 Å². The molecule has 1 aliphatic rings. The maximum absolute atomic E-state index is 12.9. The average molecular weight is 389 g/mol. The first kappa shape index (κ1) is 18.5. The summed E-state index contributed by atoms with van der Waals surface area (Å²) in [5, 5.41) is 4.94. The van der Waals surface area contributed by atoms with Crippen molar-refractivity contribution in [3.63, 3.8) is 0 Å². The lowest BCUT2D eigenvalue weighted by Crippen LogP contribution is -2.09. The van der Waals surface area contributed by atoms with E-state index in [0.29, 0.717) is 28.2 Å². The number of pyridine rings is 1. The second kappa shape index (κ2) is 6.61. The van der Waals surface area contributed by atoms with Gasteiger partial charge in [0.25, 0.3) is 0 Å². The van der Waals surface area contributed by atoms with Gasteiger partial charge in [-0.05, 0) is 43.5 Å². The SMILES string of the molecule is Cc1nn(C)c2nc(C3CC3)cc(C(=O)OCc3cccc(C(F)(F)F)c3)c12. The Balaban J connectivity index is 1.63. The van der Waals surface area contributed by atoms with Crippen LogP contribution in [0.3, 0.4) is 0 Å². The molecule has 3 aromatic rings. The highest BCUT2D eigenvalue weighted by Crippen LogP contribution is 2.40. The van der Waals surface area contributed by atoms with Crippen LogP contribution in [-0.2, 0) is 24.6 Å². The van der Waals surface area contributed by atoms with Crippen LogP contribution >= 0.6 is 0 Å². The minimum Gasteiger partial charge on any atom is -0.457 e. The van der Waals surface area contributed by atoms with E-state index < -0.39 is 17.7 Å². The molecular formula is C20H18F3N3O2. The first-order chi connectivity index (χ1) is 13.2. The predicted octanol–water partition coefficient (Wildman–Crippen LogP) is 4.53. The highest BCUT2D eigenvalue weighted by Gasteiger charge is 2.31. The van der Waals surface area contributed by atoms with E-state index in [2.05, 4.69) is 10.1 Å². The van der Waals surface area contributed by atoms with Crippen LogP contribution in [0.15, 0.2) is 30.3 Å². The standard InChI is InChI=1S/C20H18F3N3O2/c1-11-17-15(9-16(13-6-7-13)24-18(17)26(2)25-11)19(27)28-10-12-4-3-5-14(8-12)20(21,22)23/h3-5,8-9,13H,6-7,10H2,1-2H3. The van der Waals surface area contributed by atoms with Gasteiger partial charge < -0.3 is 4.74 Å². The number of alkyl halides is 3. The highest BCUT2D eigenvalue weighted by atomic mass is 19.4. The van der Waals surface area contributed by atoms with Gasteiger partial charge in [0.15, 0.2) is 5.65 Å². The van der Waals surface area contributed by atoms with Gasteiger partial charge in [0.05, 0.1) is 22.2 Å². The molecular weight excluding hydrogens is 371 g/mol. The zero-order chi connectivity index (χ0) is 20.1. The summed E-state index contributed by atoms with van der Waals surface area (Å²) < 4.78 is 45.5. The molecule has 0 unspecified atom stereocenters. The molecule has 0 spiro atoms. The minimum atomic E-state index is -4.44. The lowest BCUT2D eigenvalue weighted by Gasteiger charge is -2.10. The molecule has 1 saturated carbocycles. The summed E-state index contributed by atoms with van der Waals surface area (Å²) in [7, 11) is 1.76. The fourth-order valence-corrected chi connectivity index (χ4v) is 3.28. The third kappa shape index (κ3) is 3.46. The first-order valence-corrected chi connectivity index (χ1v) is 8.91. The molecule has 0 radical (unpaired) electrons. The number of esters is 1. The molecule has 1 aliphatic carbocycles. The number of aromatic nitrogens is 3. The highest BCUT2D eigenvalue weighted by molar-refractivity contribution is 6.03. The van der Waals surface area contributed by atoms with Crippen molar-refractivity contribution >= 4 is 17.0 Å². The van der Waals surface area contributed by atoms with E-state index in [1.54, 1.807) is 24.7 Å². The van der Waals surface area contributed by atoms with E-state index >= 15 is 0 Å². The van der Waals surface area contributed by atoms with Gasteiger partial charge in [-0.2, -0.15) is 18.3 Å². The first-order valence-electron chi connectivity index (χ1n) is 8.91. The molecule has 0 N–H and O–H groups in total. The molecule has 4 rings (SSSR count).